The highest BCUT2D eigenvalue weighted by Gasteiger charge is 2.42. The number of thioether (sulfide) groups is 1. The normalized spacial score (nSPS) is 15.5. The molecule has 2 aromatic carbocycles. The molecule has 0 aliphatic carbocycles. The summed E-state index contributed by atoms with van der Waals surface area (Å²) in [4.78, 5) is 28.3. The molecule has 0 N–H and O–H groups in total. The van der Waals surface area contributed by atoms with Crippen LogP contribution in [0.1, 0.15) is 57.7 Å². The number of ether oxygens (including phenoxy) is 3. The summed E-state index contributed by atoms with van der Waals surface area (Å²) < 4.78 is 17.4. The Kier molecular flexibility index (Phi) is 10.4. The van der Waals surface area contributed by atoms with E-state index in [0.717, 1.165) is 12.0 Å². The van der Waals surface area contributed by atoms with Gasteiger partial charge in [0.15, 0.2) is 17.5 Å². The fourth-order valence-electron chi connectivity index (χ4n) is 3.57. The molecule has 1 saturated heterocycles. The van der Waals surface area contributed by atoms with Gasteiger partial charge in [-0.1, -0.05) is 81.1 Å². The minimum atomic E-state index is -0.938. The third kappa shape index (κ3) is 7.11. The Balaban J connectivity index is 1.87. The van der Waals surface area contributed by atoms with Crippen molar-refractivity contribution in [3.05, 3.63) is 64.6 Å². The average Bonchev–Trinajstić information content (AvgIpc) is 3.12. The zero-order valence-electron chi connectivity index (χ0n) is 21.2. The Labute approximate surface area is 223 Å². The van der Waals surface area contributed by atoms with Crippen LogP contribution in [0.25, 0.3) is 6.08 Å². The van der Waals surface area contributed by atoms with Crippen LogP contribution in [0.15, 0.2) is 53.4 Å². The molecule has 0 radical (unpaired) electrons. The fourth-order valence-corrected chi connectivity index (χ4v) is 4.88. The fraction of sp³-hybridized carbons (Fsp3) is 0.393. The van der Waals surface area contributed by atoms with E-state index in [-0.39, 0.29) is 12.5 Å². The average molecular weight is 528 g/mol. The Morgan fingerprint density at radius 3 is 2.47 bits per heavy atom. The van der Waals surface area contributed by atoms with Crippen LogP contribution in [0.4, 0.5) is 0 Å². The van der Waals surface area contributed by atoms with Crippen molar-refractivity contribution in [2.75, 3.05) is 19.8 Å². The van der Waals surface area contributed by atoms with Crippen molar-refractivity contribution in [3.63, 3.8) is 0 Å². The van der Waals surface area contributed by atoms with Crippen LogP contribution < -0.4 is 9.47 Å². The van der Waals surface area contributed by atoms with E-state index in [2.05, 4.69) is 13.8 Å². The predicted octanol–water partition coefficient (Wildman–Crippen LogP) is 6.41. The molecule has 8 heteroatoms. The summed E-state index contributed by atoms with van der Waals surface area (Å²) in [5.74, 6) is 1.01. The van der Waals surface area contributed by atoms with Gasteiger partial charge in [-0.15, -0.1) is 0 Å². The van der Waals surface area contributed by atoms with Gasteiger partial charge >= 0.3 is 5.97 Å². The van der Waals surface area contributed by atoms with Crippen molar-refractivity contribution >= 4 is 46.3 Å². The summed E-state index contributed by atoms with van der Waals surface area (Å²) in [7, 11) is 0. The highest BCUT2D eigenvalue weighted by atomic mass is 32.2. The number of nitrogens with zero attached hydrogens (tertiary/aromatic N) is 1. The number of rotatable bonds is 12. The third-order valence-electron chi connectivity index (χ3n) is 5.39. The van der Waals surface area contributed by atoms with Crippen molar-refractivity contribution in [1.29, 1.82) is 0 Å². The van der Waals surface area contributed by atoms with E-state index >= 15 is 0 Å². The number of carbonyl (C=O) groups excluding carboxylic acids is 2. The van der Waals surface area contributed by atoms with Gasteiger partial charge in [-0.25, -0.2) is 4.79 Å². The monoisotopic (exact) mass is 527 g/mol. The van der Waals surface area contributed by atoms with Gasteiger partial charge in [0.25, 0.3) is 5.91 Å². The maximum atomic E-state index is 13.5. The molecule has 1 heterocycles. The number of thiocarbonyl (C=S) groups is 1. The molecule has 6 nitrogen and oxygen atoms in total. The van der Waals surface area contributed by atoms with E-state index < -0.39 is 12.0 Å². The summed E-state index contributed by atoms with van der Waals surface area (Å²) >= 11 is 6.72. The van der Waals surface area contributed by atoms with Crippen LogP contribution in [0.2, 0.25) is 0 Å². The van der Waals surface area contributed by atoms with Crippen molar-refractivity contribution in [3.8, 4) is 11.5 Å². The maximum Gasteiger partial charge on any atom is 0.333 e. The highest BCUT2D eigenvalue weighted by Crippen LogP contribution is 2.39. The quantitative estimate of drug-likeness (QED) is 0.180. The second-order valence-electron chi connectivity index (χ2n) is 8.70. The molecule has 0 bridgehead atoms. The van der Waals surface area contributed by atoms with E-state index in [1.807, 2.05) is 50.2 Å². The van der Waals surface area contributed by atoms with Gasteiger partial charge < -0.3 is 14.2 Å². The second-order valence-corrected chi connectivity index (χ2v) is 10.4. The Hall–Kier alpha value is -2.84. The van der Waals surface area contributed by atoms with Gasteiger partial charge in [0.1, 0.15) is 4.32 Å². The number of hydrogen-bond donors (Lipinski definition) is 0. The molecule has 1 atom stereocenters. The first-order chi connectivity index (χ1) is 17.3. The van der Waals surface area contributed by atoms with Gasteiger partial charge in [-0.3, -0.25) is 9.69 Å². The smallest absolute Gasteiger partial charge is 0.333 e. The molecular weight excluding hydrogens is 494 g/mol. The molecule has 36 heavy (non-hydrogen) atoms. The minimum Gasteiger partial charge on any atom is -0.490 e. The summed E-state index contributed by atoms with van der Waals surface area (Å²) in [6.07, 6.45) is 3.39. The molecule has 192 valence electrons. The van der Waals surface area contributed by atoms with E-state index in [1.165, 1.54) is 16.7 Å². The van der Waals surface area contributed by atoms with Crippen molar-refractivity contribution in [2.45, 2.75) is 46.6 Å². The number of hydrogen-bond acceptors (Lipinski definition) is 7. The van der Waals surface area contributed by atoms with Crippen LogP contribution >= 0.6 is 24.0 Å². The summed E-state index contributed by atoms with van der Waals surface area (Å²) in [6, 6.07) is 13.7. The van der Waals surface area contributed by atoms with Gasteiger partial charge in [0.05, 0.1) is 24.7 Å². The number of esters is 1. The Morgan fingerprint density at radius 2 is 1.81 bits per heavy atom. The summed E-state index contributed by atoms with van der Waals surface area (Å²) in [5, 5.41) is 0. The topological polar surface area (TPSA) is 65.1 Å². The Morgan fingerprint density at radius 1 is 1.06 bits per heavy atom. The lowest BCUT2D eigenvalue weighted by Crippen LogP contribution is -2.38. The molecule has 2 aromatic rings. The van der Waals surface area contributed by atoms with Crippen LogP contribution in [-0.2, 0) is 14.3 Å². The largest absolute Gasteiger partial charge is 0.490 e. The zero-order valence-corrected chi connectivity index (χ0v) is 22.8. The Bertz CT molecular complexity index is 1100. The number of carbonyl (C=O) groups is 2. The molecule has 1 aliphatic heterocycles. The molecular formula is C28H33NO5S2. The second kappa shape index (κ2) is 13.5. The molecule has 0 spiro atoms. The lowest BCUT2D eigenvalue weighted by atomic mass is 10.1. The molecule has 0 aromatic heterocycles. The van der Waals surface area contributed by atoms with E-state index in [0.29, 0.717) is 51.8 Å². The molecule has 1 fully saturated rings. The lowest BCUT2D eigenvalue weighted by molar-refractivity contribution is -0.151. The first-order valence-electron chi connectivity index (χ1n) is 12.2. The van der Waals surface area contributed by atoms with Crippen LogP contribution in [-0.4, -0.2) is 40.9 Å². The summed E-state index contributed by atoms with van der Waals surface area (Å²) in [5.41, 5.74) is 1.43. The molecule has 1 aliphatic rings. The van der Waals surface area contributed by atoms with Gasteiger partial charge in [-0.2, -0.15) is 0 Å². The number of amides is 1. The van der Waals surface area contributed by atoms with E-state index in [4.69, 9.17) is 26.4 Å². The number of benzene rings is 2. The first-order valence-corrected chi connectivity index (χ1v) is 13.5. The van der Waals surface area contributed by atoms with E-state index in [1.54, 1.807) is 18.2 Å². The standard InChI is InChI=1S/C28H33NO5S2/c1-5-15-34-27(31)25(21-10-8-7-9-11-21)29-26(30)24(36-28(29)35)18-20-12-13-22(23(17-20)32-6-2)33-16-14-19(3)4/h7-13,17-19,25H,5-6,14-16H2,1-4H3/b24-18+. The molecule has 1 amide bonds. The van der Waals surface area contributed by atoms with Gasteiger partial charge in [0, 0.05) is 0 Å². The van der Waals surface area contributed by atoms with Crippen molar-refractivity contribution in [2.24, 2.45) is 5.92 Å². The van der Waals surface area contributed by atoms with Crippen molar-refractivity contribution < 1.29 is 23.8 Å². The highest BCUT2D eigenvalue weighted by molar-refractivity contribution is 8.26. The lowest BCUT2D eigenvalue weighted by Gasteiger charge is -2.25. The van der Waals surface area contributed by atoms with Gasteiger partial charge in [-0.05, 0) is 55.0 Å². The maximum absolute atomic E-state index is 13.5. The van der Waals surface area contributed by atoms with Crippen LogP contribution in [0.5, 0.6) is 11.5 Å². The zero-order chi connectivity index (χ0) is 26.1. The molecule has 3 rings (SSSR count). The molecule has 0 saturated carbocycles. The minimum absolute atomic E-state index is 0.276. The SMILES string of the molecule is CCCOC(=O)C(c1ccccc1)N1C(=O)/C(=C\c2ccc(OCCC(C)C)c(OCC)c2)SC1=S. The van der Waals surface area contributed by atoms with Gasteiger partial charge in [0.2, 0.25) is 0 Å². The van der Waals surface area contributed by atoms with Crippen molar-refractivity contribution in [1.82, 2.24) is 4.90 Å². The summed E-state index contributed by atoms with van der Waals surface area (Å²) in [6.45, 7) is 9.51. The third-order valence-corrected chi connectivity index (χ3v) is 6.72. The van der Waals surface area contributed by atoms with Crippen LogP contribution in [0.3, 0.4) is 0 Å². The molecule has 1 unspecified atom stereocenters. The van der Waals surface area contributed by atoms with Crippen LogP contribution in [0, 0.1) is 5.92 Å². The first kappa shape index (κ1) is 27.7. The van der Waals surface area contributed by atoms with E-state index in [9.17, 15) is 9.59 Å². The predicted molar refractivity (Wildman–Crippen MR) is 148 cm³/mol.